The van der Waals surface area contributed by atoms with Crippen LogP contribution in [0.2, 0.25) is 0 Å². The molecule has 0 saturated heterocycles. The molecular formula is C21H27N4O3+. The van der Waals surface area contributed by atoms with E-state index in [4.69, 9.17) is 8.83 Å². The van der Waals surface area contributed by atoms with Gasteiger partial charge in [0.15, 0.2) is 13.1 Å². The van der Waals surface area contributed by atoms with Gasteiger partial charge in [-0.15, -0.1) is 10.2 Å². The molecule has 7 heteroatoms. The Morgan fingerprint density at radius 2 is 1.71 bits per heavy atom. The van der Waals surface area contributed by atoms with Crippen LogP contribution in [-0.4, -0.2) is 29.7 Å². The quantitative estimate of drug-likeness (QED) is 0.683. The van der Waals surface area contributed by atoms with E-state index in [0.29, 0.717) is 24.9 Å². The third-order valence-electron chi connectivity index (χ3n) is 4.60. The number of quaternary nitrogens is 1. The number of carbonyl (C=O) groups is 1. The van der Waals surface area contributed by atoms with Crippen molar-refractivity contribution >= 4 is 11.6 Å². The highest BCUT2D eigenvalue weighted by atomic mass is 16.4. The van der Waals surface area contributed by atoms with E-state index < -0.39 is 0 Å². The number of furan rings is 1. The zero-order valence-corrected chi connectivity index (χ0v) is 17.3. The van der Waals surface area contributed by atoms with E-state index in [2.05, 4.69) is 34.6 Å². The Morgan fingerprint density at radius 1 is 1.04 bits per heavy atom. The number of benzene rings is 1. The van der Waals surface area contributed by atoms with Gasteiger partial charge in [0.2, 0.25) is 0 Å². The van der Waals surface area contributed by atoms with Crippen LogP contribution in [0.1, 0.15) is 34.1 Å². The number of nitrogens with one attached hydrogen (secondary N) is 2. The minimum Gasteiger partial charge on any atom is -0.466 e. The summed E-state index contributed by atoms with van der Waals surface area (Å²) in [5.74, 6) is 2.42. The number of hydrogen-bond acceptors (Lipinski definition) is 5. The fourth-order valence-electron chi connectivity index (χ4n) is 3.43. The Bertz CT molecular complexity index is 980. The van der Waals surface area contributed by atoms with Gasteiger partial charge in [-0.1, -0.05) is 17.7 Å². The predicted octanol–water partition coefficient (Wildman–Crippen LogP) is 2.53. The molecule has 0 radical (unpaired) electrons. The average Bonchev–Trinajstić information content (AvgIpc) is 3.16. The Morgan fingerprint density at radius 3 is 2.32 bits per heavy atom. The van der Waals surface area contributed by atoms with E-state index in [-0.39, 0.29) is 5.91 Å². The van der Waals surface area contributed by atoms with Crippen LogP contribution < -0.4 is 10.2 Å². The standard InChI is InChI=1S/C21H26N4O3/c1-12-7-13(2)20(14(3)8-12)22-18(26)10-25(6)11-19-23-24-21(28-19)17-9-15(4)27-16(17)5/h7-9H,10-11H2,1-6H3,(H,22,26)/p+1. The maximum absolute atomic E-state index is 12.5. The molecule has 0 fully saturated rings. The average molecular weight is 383 g/mol. The molecule has 0 spiro atoms. The molecule has 0 bridgehead atoms. The van der Waals surface area contributed by atoms with Gasteiger partial charge in [-0.05, 0) is 51.8 Å². The van der Waals surface area contributed by atoms with Crippen molar-refractivity contribution in [3.8, 4) is 11.5 Å². The molecule has 0 aliphatic heterocycles. The van der Waals surface area contributed by atoms with Crippen molar-refractivity contribution < 1.29 is 18.5 Å². The Labute approximate surface area is 164 Å². The summed E-state index contributed by atoms with van der Waals surface area (Å²) in [6.45, 7) is 10.6. The zero-order chi connectivity index (χ0) is 20.4. The number of rotatable bonds is 6. The lowest BCUT2D eigenvalue weighted by Gasteiger charge is -2.15. The van der Waals surface area contributed by atoms with Gasteiger partial charge in [-0.2, -0.15) is 0 Å². The number of nitrogens with zero attached hydrogens (tertiary/aromatic N) is 2. The molecule has 1 atom stereocenters. The molecule has 1 amide bonds. The van der Waals surface area contributed by atoms with E-state index in [1.54, 1.807) is 0 Å². The largest absolute Gasteiger partial charge is 0.466 e. The minimum absolute atomic E-state index is 0.0476. The third kappa shape index (κ3) is 4.48. The number of aryl methyl sites for hydroxylation is 5. The van der Waals surface area contributed by atoms with Gasteiger partial charge in [0, 0.05) is 5.69 Å². The van der Waals surface area contributed by atoms with E-state index in [1.807, 2.05) is 40.8 Å². The highest BCUT2D eigenvalue weighted by Gasteiger charge is 2.19. The fourth-order valence-corrected chi connectivity index (χ4v) is 3.43. The molecule has 3 rings (SSSR count). The van der Waals surface area contributed by atoms with E-state index in [9.17, 15) is 4.79 Å². The summed E-state index contributed by atoms with van der Waals surface area (Å²) in [6.07, 6.45) is 0. The highest BCUT2D eigenvalue weighted by molar-refractivity contribution is 5.93. The first kappa shape index (κ1) is 19.8. The van der Waals surface area contributed by atoms with E-state index in [1.165, 1.54) is 5.56 Å². The normalized spacial score (nSPS) is 12.2. The van der Waals surface area contributed by atoms with Crippen molar-refractivity contribution in [1.82, 2.24) is 10.2 Å². The lowest BCUT2D eigenvalue weighted by molar-refractivity contribution is -0.886. The first-order valence-corrected chi connectivity index (χ1v) is 9.31. The summed E-state index contributed by atoms with van der Waals surface area (Å²) in [5.41, 5.74) is 5.00. The first-order chi connectivity index (χ1) is 13.2. The van der Waals surface area contributed by atoms with Crippen LogP contribution in [0, 0.1) is 34.6 Å². The maximum atomic E-state index is 12.5. The topological polar surface area (TPSA) is 85.6 Å². The second-order valence-electron chi connectivity index (χ2n) is 7.46. The number of aromatic nitrogens is 2. The van der Waals surface area contributed by atoms with Crippen LogP contribution in [-0.2, 0) is 11.3 Å². The van der Waals surface area contributed by atoms with E-state index >= 15 is 0 Å². The Hall–Kier alpha value is -2.93. The predicted molar refractivity (Wildman–Crippen MR) is 106 cm³/mol. The molecule has 1 aromatic carbocycles. The van der Waals surface area contributed by atoms with Gasteiger partial charge in [-0.25, -0.2) is 0 Å². The molecule has 28 heavy (non-hydrogen) atoms. The Balaban J connectivity index is 1.61. The molecule has 2 N–H and O–H groups in total. The van der Waals surface area contributed by atoms with Crippen LogP contribution in [0.4, 0.5) is 5.69 Å². The highest BCUT2D eigenvalue weighted by Crippen LogP contribution is 2.25. The van der Waals surface area contributed by atoms with Gasteiger partial charge in [0.1, 0.15) is 11.5 Å². The van der Waals surface area contributed by atoms with Gasteiger partial charge in [0.25, 0.3) is 17.7 Å². The number of likely N-dealkylation sites (N-methyl/N-ethyl adjacent to an activating group) is 1. The van der Waals surface area contributed by atoms with Gasteiger partial charge >= 0.3 is 0 Å². The lowest BCUT2D eigenvalue weighted by atomic mass is 10.1. The summed E-state index contributed by atoms with van der Waals surface area (Å²) in [4.78, 5) is 13.4. The molecule has 7 nitrogen and oxygen atoms in total. The zero-order valence-electron chi connectivity index (χ0n) is 17.3. The third-order valence-corrected chi connectivity index (χ3v) is 4.60. The van der Waals surface area contributed by atoms with Gasteiger partial charge in [-0.3, -0.25) is 4.79 Å². The van der Waals surface area contributed by atoms with Crippen LogP contribution in [0.25, 0.3) is 11.5 Å². The van der Waals surface area contributed by atoms with Crippen molar-refractivity contribution in [2.24, 2.45) is 0 Å². The number of carbonyl (C=O) groups excluding carboxylic acids is 1. The molecule has 148 valence electrons. The number of hydrogen-bond donors (Lipinski definition) is 2. The maximum Gasteiger partial charge on any atom is 0.279 e. The molecule has 2 aromatic heterocycles. The van der Waals surface area contributed by atoms with Crippen LogP contribution >= 0.6 is 0 Å². The SMILES string of the molecule is Cc1cc(C)c(NC(=O)C[NH+](C)Cc2nnc(-c3cc(C)oc3C)o2)c(C)c1. The van der Waals surface area contributed by atoms with Crippen molar-refractivity contribution in [3.63, 3.8) is 0 Å². The van der Waals surface area contributed by atoms with Crippen molar-refractivity contribution in [1.29, 1.82) is 0 Å². The van der Waals surface area contributed by atoms with Crippen molar-refractivity contribution in [3.05, 3.63) is 52.3 Å². The summed E-state index contributed by atoms with van der Waals surface area (Å²) in [6, 6.07) is 6.01. The van der Waals surface area contributed by atoms with E-state index in [0.717, 1.165) is 38.8 Å². The van der Waals surface area contributed by atoms with Crippen molar-refractivity contribution in [2.75, 3.05) is 18.9 Å². The second kappa shape index (κ2) is 7.98. The van der Waals surface area contributed by atoms with Crippen LogP contribution in [0.15, 0.2) is 27.0 Å². The molecule has 0 saturated carbocycles. The molecule has 0 aliphatic rings. The van der Waals surface area contributed by atoms with Crippen LogP contribution in [0.3, 0.4) is 0 Å². The monoisotopic (exact) mass is 383 g/mol. The fraction of sp³-hybridized carbons (Fsp3) is 0.381. The Kier molecular flexibility index (Phi) is 5.65. The molecule has 0 aliphatic carbocycles. The lowest BCUT2D eigenvalue weighted by Crippen LogP contribution is -3.08. The first-order valence-electron chi connectivity index (χ1n) is 9.31. The smallest absolute Gasteiger partial charge is 0.279 e. The molecular weight excluding hydrogens is 356 g/mol. The van der Waals surface area contributed by atoms with Crippen molar-refractivity contribution in [2.45, 2.75) is 41.2 Å². The van der Waals surface area contributed by atoms with Crippen LogP contribution in [0.5, 0.6) is 0 Å². The minimum atomic E-state index is -0.0476. The van der Waals surface area contributed by atoms with Gasteiger partial charge in [0.05, 0.1) is 12.6 Å². The number of anilines is 1. The summed E-state index contributed by atoms with van der Waals surface area (Å²) in [5, 5.41) is 11.2. The molecule has 3 aromatic rings. The second-order valence-corrected chi connectivity index (χ2v) is 7.46. The van der Waals surface area contributed by atoms with Gasteiger partial charge < -0.3 is 19.1 Å². The molecule has 1 unspecified atom stereocenters. The summed E-state index contributed by atoms with van der Waals surface area (Å²) in [7, 11) is 1.92. The summed E-state index contributed by atoms with van der Waals surface area (Å²) < 4.78 is 11.3. The molecule has 2 heterocycles. The number of amides is 1. The summed E-state index contributed by atoms with van der Waals surface area (Å²) >= 11 is 0.